The van der Waals surface area contributed by atoms with Crippen LogP contribution in [0, 0.1) is 11.3 Å². The number of carbonyl (C=O) groups is 2. The molecule has 2 aromatic carbocycles. The molecule has 5 heterocycles. The molecule has 4 aromatic rings. The molecule has 9 nitrogen and oxygen atoms in total. The van der Waals surface area contributed by atoms with Crippen LogP contribution in [0.2, 0.25) is 0 Å². The van der Waals surface area contributed by atoms with Gasteiger partial charge in [0.15, 0.2) is 0 Å². The first kappa shape index (κ1) is 25.1. The minimum atomic E-state index is -0.368. The van der Waals surface area contributed by atoms with Gasteiger partial charge in [0.05, 0.1) is 30.0 Å². The fraction of sp³-hybridized carbons (Fsp3) is 0.194. The predicted octanol–water partition coefficient (Wildman–Crippen LogP) is 4.44. The molecular formula is C31H25N5O4. The highest BCUT2D eigenvalue weighted by molar-refractivity contribution is 5.95. The monoisotopic (exact) mass is 531 g/mol. The lowest BCUT2D eigenvalue weighted by Gasteiger charge is -2.38. The first-order chi connectivity index (χ1) is 19.6. The van der Waals surface area contributed by atoms with Gasteiger partial charge in [0.2, 0.25) is 0 Å². The standard InChI is InChI=1S/C31H25N5O4/c32-16-24-6-5-22(18-35-24)31(38)36-11-9-20-13-26-7-8-28(20)29(36)21-3-1-4-25(14-21)39-12-2-10-34-30(37)23-15-27(40-26)19-33-17-23/h1,3-8,13-15,17-19,29H,2,9-12H2,(H,34,37). The van der Waals surface area contributed by atoms with Crippen LogP contribution in [0.5, 0.6) is 17.2 Å². The van der Waals surface area contributed by atoms with Gasteiger partial charge < -0.3 is 19.7 Å². The third-order valence-electron chi connectivity index (χ3n) is 6.99. The average molecular weight is 532 g/mol. The summed E-state index contributed by atoms with van der Waals surface area (Å²) in [6, 6.07) is 20.1. The van der Waals surface area contributed by atoms with E-state index in [0.717, 1.165) is 16.7 Å². The molecule has 1 atom stereocenters. The van der Waals surface area contributed by atoms with E-state index in [4.69, 9.17) is 14.7 Å². The molecule has 0 saturated heterocycles. The zero-order valence-corrected chi connectivity index (χ0v) is 21.5. The second-order valence-corrected chi connectivity index (χ2v) is 9.60. The number of rotatable bonds is 1. The predicted molar refractivity (Wildman–Crippen MR) is 145 cm³/mol. The number of carbonyl (C=O) groups excluding carboxylic acids is 2. The molecule has 1 N–H and O–H groups in total. The van der Waals surface area contributed by atoms with Crippen molar-refractivity contribution in [2.24, 2.45) is 0 Å². The summed E-state index contributed by atoms with van der Waals surface area (Å²) < 4.78 is 12.1. The van der Waals surface area contributed by atoms with Gasteiger partial charge in [-0.3, -0.25) is 14.6 Å². The maximum Gasteiger partial charge on any atom is 0.256 e. The summed E-state index contributed by atoms with van der Waals surface area (Å²) in [5.74, 6) is 1.37. The van der Waals surface area contributed by atoms with Gasteiger partial charge in [0.25, 0.3) is 11.8 Å². The van der Waals surface area contributed by atoms with Gasteiger partial charge in [-0.25, -0.2) is 4.98 Å². The number of nitrogens with zero attached hydrogens (tertiary/aromatic N) is 4. The van der Waals surface area contributed by atoms with Crippen LogP contribution in [-0.2, 0) is 6.42 Å². The molecule has 8 bridgehead atoms. The van der Waals surface area contributed by atoms with Gasteiger partial charge in [0.1, 0.15) is 29.0 Å². The number of hydrogen-bond donors (Lipinski definition) is 1. The summed E-state index contributed by atoms with van der Waals surface area (Å²) in [5.41, 5.74) is 4.04. The summed E-state index contributed by atoms with van der Waals surface area (Å²) in [5, 5.41) is 12.0. The molecule has 198 valence electrons. The highest BCUT2D eigenvalue weighted by atomic mass is 16.5. The van der Waals surface area contributed by atoms with Crippen molar-refractivity contribution in [3.05, 3.63) is 113 Å². The average Bonchev–Trinajstić information content (AvgIpc) is 2.99. The van der Waals surface area contributed by atoms with Crippen molar-refractivity contribution >= 4 is 11.8 Å². The number of aromatic nitrogens is 2. The van der Waals surface area contributed by atoms with Crippen molar-refractivity contribution in [3.8, 4) is 23.3 Å². The van der Waals surface area contributed by atoms with E-state index in [2.05, 4.69) is 15.3 Å². The number of hydrogen-bond acceptors (Lipinski definition) is 7. The van der Waals surface area contributed by atoms with E-state index >= 15 is 0 Å². The van der Waals surface area contributed by atoms with E-state index in [0.29, 0.717) is 60.9 Å². The zero-order valence-electron chi connectivity index (χ0n) is 21.5. The Morgan fingerprint density at radius 3 is 2.80 bits per heavy atom. The highest BCUT2D eigenvalue weighted by Gasteiger charge is 2.33. The Balaban J connectivity index is 1.42. The number of amides is 2. The number of nitrogens with one attached hydrogen (secondary N) is 1. The molecule has 0 fully saturated rings. The first-order valence-electron chi connectivity index (χ1n) is 13.0. The topological polar surface area (TPSA) is 117 Å². The van der Waals surface area contributed by atoms with Crippen LogP contribution in [-0.4, -0.2) is 46.4 Å². The second-order valence-electron chi connectivity index (χ2n) is 9.60. The van der Waals surface area contributed by atoms with Gasteiger partial charge in [-0.05, 0) is 72.0 Å². The fourth-order valence-electron chi connectivity index (χ4n) is 5.07. The Hall–Kier alpha value is -5.23. The molecule has 9 heteroatoms. The normalized spacial score (nSPS) is 16.4. The first-order valence-corrected chi connectivity index (χ1v) is 13.0. The molecular weight excluding hydrogens is 506 g/mol. The molecule has 3 aliphatic heterocycles. The van der Waals surface area contributed by atoms with Crippen LogP contribution in [0.15, 0.2) is 79.3 Å². The summed E-state index contributed by atoms with van der Waals surface area (Å²) in [6.45, 7) is 1.33. The molecule has 0 saturated carbocycles. The SMILES string of the molecule is N#Cc1ccc(C(=O)N2CCc3cc4ccc3C2c2cccc(c2)OCCCNC(=O)c2cncc(c2)O4)cn1. The summed E-state index contributed by atoms with van der Waals surface area (Å²) in [6.07, 6.45) is 5.77. The van der Waals surface area contributed by atoms with Gasteiger partial charge >= 0.3 is 0 Å². The molecule has 2 amide bonds. The van der Waals surface area contributed by atoms with Crippen LogP contribution >= 0.6 is 0 Å². The van der Waals surface area contributed by atoms with Gasteiger partial charge in [-0.2, -0.15) is 5.26 Å². The van der Waals surface area contributed by atoms with Crippen molar-refractivity contribution in [2.45, 2.75) is 18.9 Å². The van der Waals surface area contributed by atoms with Crippen molar-refractivity contribution < 1.29 is 19.1 Å². The van der Waals surface area contributed by atoms with Crippen LogP contribution in [0.25, 0.3) is 0 Å². The van der Waals surface area contributed by atoms with E-state index in [-0.39, 0.29) is 23.6 Å². The molecule has 1 unspecified atom stereocenters. The van der Waals surface area contributed by atoms with Crippen molar-refractivity contribution in [1.82, 2.24) is 20.2 Å². The summed E-state index contributed by atoms with van der Waals surface area (Å²) in [4.78, 5) is 36.5. The van der Waals surface area contributed by atoms with E-state index in [1.54, 1.807) is 24.4 Å². The molecule has 3 aliphatic rings. The van der Waals surface area contributed by atoms with Crippen molar-refractivity contribution in [3.63, 3.8) is 0 Å². The lowest BCUT2D eigenvalue weighted by atomic mass is 9.87. The van der Waals surface area contributed by atoms with Crippen molar-refractivity contribution in [2.75, 3.05) is 19.7 Å². The second kappa shape index (κ2) is 10.9. The van der Waals surface area contributed by atoms with Crippen LogP contribution in [0.1, 0.15) is 55.6 Å². The molecule has 0 aliphatic carbocycles. The minimum absolute atomic E-state index is 0.167. The Bertz CT molecular complexity index is 1630. The lowest BCUT2D eigenvalue weighted by molar-refractivity contribution is 0.0693. The molecule has 40 heavy (non-hydrogen) atoms. The van der Waals surface area contributed by atoms with E-state index < -0.39 is 0 Å². The molecule has 7 rings (SSSR count). The molecule has 0 radical (unpaired) electrons. The Labute approximate surface area is 231 Å². The van der Waals surface area contributed by atoms with Gasteiger partial charge in [-0.15, -0.1) is 0 Å². The third kappa shape index (κ3) is 5.07. The Morgan fingerprint density at radius 2 is 1.95 bits per heavy atom. The van der Waals surface area contributed by atoms with E-state index in [1.807, 2.05) is 53.4 Å². The Morgan fingerprint density at radius 1 is 1.02 bits per heavy atom. The van der Waals surface area contributed by atoms with Gasteiger partial charge in [-0.1, -0.05) is 18.2 Å². The number of benzene rings is 2. The van der Waals surface area contributed by atoms with Crippen LogP contribution in [0.4, 0.5) is 0 Å². The third-order valence-corrected chi connectivity index (χ3v) is 6.99. The fourth-order valence-corrected chi connectivity index (χ4v) is 5.07. The minimum Gasteiger partial charge on any atom is -0.494 e. The number of nitriles is 1. The maximum atomic E-state index is 13.8. The quantitative estimate of drug-likeness (QED) is 0.386. The van der Waals surface area contributed by atoms with Crippen LogP contribution in [0.3, 0.4) is 0 Å². The summed E-state index contributed by atoms with van der Waals surface area (Å²) >= 11 is 0. The van der Waals surface area contributed by atoms with Gasteiger partial charge in [0, 0.05) is 25.5 Å². The molecule has 0 spiro atoms. The maximum absolute atomic E-state index is 13.8. The van der Waals surface area contributed by atoms with Crippen LogP contribution < -0.4 is 14.8 Å². The Kier molecular flexibility index (Phi) is 6.81. The number of fused-ring (bicyclic) bond motifs is 6. The number of ether oxygens (including phenoxy) is 2. The largest absolute Gasteiger partial charge is 0.494 e. The van der Waals surface area contributed by atoms with Crippen molar-refractivity contribution in [1.29, 1.82) is 5.26 Å². The molecule has 2 aromatic heterocycles. The number of pyridine rings is 2. The summed E-state index contributed by atoms with van der Waals surface area (Å²) in [7, 11) is 0. The zero-order chi connectivity index (χ0) is 27.5. The smallest absolute Gasteiger partial charge is 0.256 e. The van der Waals surface area contributed by atoms with E-state index in [1.165, 1.54) is 12.4 Å². The highest BCUT2D eigenvalue weighted by Crippen LogP contribution is 2.39. The lowest BCUT2D eigenvalue weighted by Crippen LogP contribution is -2.40. The van der Waals surface area contributed by atoms with E-state index in [9.17, 15) is 9.59 Å².